The summed E-state index contributed by atoms with van der Waals surface area (Å²) in [6, 6.07) is 9.08. The summed E-state index contributed by atoms with van der Waals surface area (Å²) in [7, 11) is 0. The molecule has 1 aliphatic rings. The molecule has 0 radical (unpaired) electrons. The summed E-state index contributed by atoms with van der Waals surface area (Å²) < 4.78 is 0. The van der Waals surface area contributed by atoms with E-state index >= 15 is 0 Å². The minimum Gasteiger partial charge on any atom is -0.365 e. The summed E-state index contributed by atoms with van der Waals surface area (Å²) in [6.45, 7) is 5.50. The lowest BCUT2D eigenvalue weighted by molar-refractivity contribution is 0.753. The molecule has 0 aliphatic carbocycles. The molecule has 0 saturated heterocycles. The van der Waals surface area contributed by atoms with E-state index in [1.807, 2.05) is 0 Å². The highest BCUT2D eigenvalue weighted by Crippen LogP contribution is 2.27. The summed E-state index contributed by atoms with van der Waals surface area (Å²) >= 11 is 0. The Bertz CT molecular complexity index is 333. The van der Waals surface area contributed by atoms with Crippen LogP contribution in [0, 0.1) is 0 Å². The van der Waals surface area contributed by atoms with Crippen molar-refractivity contribution in [1.82, 2.24) is 0 Å². The van der Waals surface area contributed by atoms with E-state index in [9.17, 15) is 0 Å². The quantitative estimate of drug-likeness (QED) is 0.717. The van der Waals surface area contributed by atoms with Crippen LogP contribution in [0.1, 0.15) is 19.4 Å². The molecule has 1 aromatic rings. The van der Waals surface area contributed by atoms with E-state index in [4.69, 9.17) is 0 Å². The van der Waals surface area contributed by atoms with Crippen molar-refractivity contribution in [2.24, 2.45) is 0 Å². The van der Waals surface area contributed by atoms with Crippen molar-refractivity contribution in [2.45, 2.75) is 19.9 Å². The van der Waals surface area contributed by atoms with Crippen molar-refractivity contribution in [3.8, 4) is 0 Å². The van der Waals surface area contributed by atoms with Crippen LogP contribution in [0.3, 0.4) is 0 Å². The van der Waals surface area contributed by atoms with Gasteiger partial charge in [0, 0.05) is 18.3 Å². The Morgan fingerprint density at radius 3 is 2.71 bits per heavy atom. The number of nitrogens with zero attached hydrogens (tertiary/aromatic N) is 1. The largest absolute Gasteiger partial charge is 0.365 e. The van der Waals surface area contributed by atoms with Crippen LogP contribution in [0.5, 0.6) is 0 Å². The molecule has 0 amide bonds. The van der Waals surface area contributed by atoms with Gasteiger partial charge in [0.1, 0.15) is 0 Å². The average molecular weight is 301 g/mol. The van der Waals surface area contributed by atoms with Gasteiger partial charge in [-0.25, -0.2) is 0 Å². The summed E-state index contributed by atoms with van der Waals surface area (Å²) in [5.41, 5.74) is 2.70. The van der Waals surface area contributed by atoms with Crippen LogP contribution < -0.4 is 4.90 Å². The molecular weight excluding hydrogens is 285 g/mol. The molecule has 0 saturated carbocycles. The fourth-order valence-corrected chi connectivity index (χ4v) is 1.91. The van der Waals surface area contributed by atoms with Crippen molar-refractivity contribution < 1.29 is 0 Å². The standard InChI is InChI=1S/C12H15N.HI/c1-3-13-10(2)8-9-11-6-4-5-7-12(11)13;/h4-10H,3H2,1-2H3;1H. The fourth-order valence-electron chi connectivity index (χ4n) is 1.91. The van der Waals surface area contributed by atoms with Gasteiger partial charge in [-0.3, -0.25) is 0 Å². The maximum absolute atomic E-state index is 2.41. The number of fused-ring (bicyclic) bond motifs is 1. The number of hydrogen-bond donors (Lipinski definition) is 0. The second kappa shape index (κ2) is 4.82. The van der Waals surface area contributed by atoms with E-state index in [-0.39, 0.29) is 24.0 Å². The maximum Gasteiger partial charge on any atom is 0.0448 e. The van der Waals surface area contributed by atoms with Crippen molar-refractivity contribution >= 4 is 35.7 Å². The van der Waals surface area contributed by atoms with Crippen LogP contribution in [0.15, 0.2) is 30.3 Å². The molecule has 0 bridgehead atoms. The maximum atomic E-state index is 2.41. The van der Waals surface area contributed by atoms with Gasteiger partial charge in [0.2, 0.25) is 0 Å². The SMILES string of the molecule is CCN1c2ccccc2C=CC1C.I. The van der Waals surface area contributed by atoms with Gasteiger partial charge >= 0.3 is 0 Å². The molecule has 0 N–H and O–H groups in total. The Hall–Kier alpha value is -0.510. The van der Waals surface area contributed by atoms with Crippen LogP contribution in [0.25, 0.3) is 6.08 Å². The first-order chi connectivity index (χ1) is 6.33. The van der Waals surface area contributed by atoms with Gasteiger partial charge in [0.15, 0.2) is 0 Å². The molecule has 1 heterocycles. The second-order valence-electron chi connectivity index (χ2n) is 3.44. The van der Waals surface area contributed by atoms with E-state index in [0.717, 1.165) is 6.54 Å². The Morgan fingerprint density at radius 1 is 1.29 bits per heavy atom. The summed E-state index contributed by atoms with van der Waals surface area (Å²) in [5.74, 6) is 0. The first-order valence-electron chi connectivity index (χ1n) is 4.87. The van der Waals surface area contributed by atoms with Crippen LogP contribution >= 0.6 is 24.0 Å². The smallest absolute Gasteiger partial charge is 0.0448 e. The lowest BCUT2D eigenvalue weighted by Crippen LogP contribution is -2.33. The average Bonchev–Trinajstić information content (AvgIpc) is 2.18. The number of hydrogen-bond acceptors (Lipinski definition) is 1. The Labute approximate surface area is 103 Å². The minimum absolute atomic E-state index is 0. The molecule has 1 nitrogen and oxygen atoms in total. The van der Waals surface area contributed by atoms with Crippen molar-refractivity contribution in [1.29, 1.82) is 0 Å². The van der Waals surface area contributed by atoms with Crippen LogP contribution in [0.2, 0.25) is 0 Å². The lowest BCUT2D eigenvalue weighted by atomic mass is 10.0. The van der Waals surface area contributed by atoms with Gasteiger partial charge in [-0.2, -0.15) is 0 Å². The van der Waals surface area contributed by atoms with Crippen LogP contribution in [-0.2, 0) is 0 Å². The highest BCUT2D eigenvalue weighted by molar-refractivity contribution is 14.0. The topological polar surface area (TPSA) is 3.24 Å². The molecular formula is C12H16IN. The molecule has 1 aliphatic heterocycles. The van der Waals surface area contributed by atoms with Gasteiger partial charge in [-0.1, -0.05) is 30.4 Å². The number of rotatable bonds is 1. The molecule has 1 atom stereocenters. The summed E-state index contributed by atoms with van der Waals surface area (Å²) in [4.78, 5) is 2.41. The van der Waals surface area contributed by atoms with E-state index in [2.05, 4.69) is 55.2 Å². The van der Waals surface area contributed by atoms with Gasteiger partial charge in [-0.05, 0) is 25.5 Å². The van der Waals surface area contributed by atoms with Crippen molar-refractivity contribution in [3.63, 3.8) is 0 Å². The molecule has 0 aromatic heterocycles. The molecule has 2 heteroatoms. The van der Waals surface area contributed by atoms with Crippen LogP contribution in [-0.4, -0.2) is 12.6 Å². The second-order valence-corrected chi connectivity index (χ2v) is 3.44. The van der Waals surface area contributed by atoms with Crippen molar-refractivity contribution in [2.75, 3.05) is 11.4 Å². The first kappa shape index (κ1) is 11.6. The summed E-state index contributed by atoms with van der Waals surface area (Å²) in [6.07, 6.45) is 4.47. The third kappa shape index (κ3) is 1.95. The highest BCUT2D eigenvalue weighted by Gasteiger charge is 2.15. The molecule has 2 rings (SSSR count). The number of para-hydroxylation sites is 1. The van der Waals surface area contributed by atoms with E-state index in [0.29, 0.717) is 6.04 Å². The first-order valence-corrected chi connectivity index (χ1v) is 4.87. The lowest BCUT2D eigenvalue weighted by Gasteiger charge is -2.32. The van der Waals surface area contributed by atoms with E-state index in [1.165, 1.54) is 11.3 Å². The minimum atomic E-state index is 0. The number of anilines is 1. The number of halogens is 1. The fraction of sp³-hybridized carbons (Fsp3) is 0.333. The molecule has 1 aromatic carbocycles. The molecule has 14 heavy (non-hydrogen) atoms. The molecule has 76 valence electrons. The Kier molecular flexibility index (Phi) is 3.98. The normalized spacial score (nSPS) is 18.7. The summed E-state index contributed by atoms with van der Waals surface area (Å²) in [5, 5.41) is 0. The van der Waals surface area contributed by atoms with Gasteiger partial charge in [0.05, 0.1) is 0 Å². The van der Waals surface area contributed by atoms with E-state index in [1.54, 1.807) is 0 Å². The zero-order valence-corrected chi connectivity index (χ0v) is 10.9. The molecule has 0 fully saturated rings. The van der Waals surface area contributed by atoms with Gasteiger partial charge in [-0.15, -0.1) is 24.0 Å². The predicted octanol–water partition coefficient (Wildman–Crippen LogP) is 3.55. The third-order valence-electron chi connectivity index (χ3n) is 2.63. The predicted molar refractivity (Wildman–Crippen MR) is 73.4 cm³/mol. The number of benzene rings is 1. The van der Waals surface area contributed by atoms with Gasteiger partial charge < -0.3 is 4.90 Å². The van der Waals surface area contributed by atoms with Crippen molar-refractivity contribution in [3.05, 3.63) is 35.9 Å². The monoisotopic (exact) mass is 301 g/mol. The number of likely N-dealkylation sites (N-methyl/N-ethyl adjacent to an activating group) is 1. The zero-order valence-electron chi connectivity index (χ0n) is 8.60. The van der Waals surface area contributed by atoms with Crippen LogP contribution in [0.4, 0.5) is 5.69 Å². The highest BCUT2D eigenvalue weighted by atomic mass is 127. The third-order valence-corrected chi connectivity index (χ3v) is 2.63. The molecule has 0 spiro atoms. The Balaban J connectivity index is 0.000000980. The molecule has 1 unspecified atom stereocenters. The zero-order chi connectivity index (χ0) is 9.26. The Morgan fingerprint density at radius 2 is 2.00 bits per heavy atom. The van der Waals surface area contributed by atoms with Gasteiger partial charge in [0.25, 0.3) is 0 Å². The van der Waals surface area contributed by atoms with E-state index < -0.39 is 0 Å².